The second-order valence-electron chi connectivity index (χ2n) is 4.67. The number of hydrogen-bond donors (Lipinski definition) is 0. The maximum absolute atomic E-state index is 13.3. The third-order valence-corrected chi connectivity index (χ3v) is 3.89. The van der Waals surface area contributed by atoms with Crippen molar-refractivity contribution in [2.75, 3.05) is 0 Å². The third kappa shape index (κ3) is 2.21. The predicted octanol–water partition coefficient (Wildman–Crippen LogP) is 4.08. The smallest absolute Gasteiger partial charge is 0.163 e. The molecule has 0 N–H and O–H groups in total. The Balaban J connectivity index is 2.39. The van der Waals surface area contributed by atoms with Gasteiger partial charge < -0.3 is 0 Å². The van der Waals surface area contributed by atoms with Crippen LogP contribution in [0.15, 0.2) is 18.2 Å². The summed E-state index contributed by atoms with van der Waals surface area (Å²) in [6.45, 7) is 4.59. The van der Waals surface area contributed by atoms with Gasteiger partial charge in [0.15, 0.2) is 5.65 Å². The summed E-state index contributed by atoms with van der Waals surface area (Å²) in [5.74, 6) is 0.501. The number of rotatable bonds is 3. The first kappa shape index (κ1) is 14.4. The van der Waals surface area contributed by atoms with Crippen LogP contribution in [0.2, 0.25) is 5.02 Å². The van der Waals surface area contributed by atoms with Crippen LogP contribution in [0.5, 0.6) is 0 Å². The SMILES string of the molecule is CCn1nc(C)c2nc(CCl)n(-c3ccc(F)cc3Cl)c21. The molecule has 0 radical (unpaired) electrons. The van der Waals surface area contributed by atoms with Gasteiger partial charge in [-0.25, -0.2) is 14.1 Å². The summed E-state index contributed by atoms with van der Waals surface area (Å²) in [6.07, 6.45) is 0. The number of hydrogen-bond acceptors (Lipinski definition) is 2. The van der Waals surface area contributed by atoms with E-state index >= 15 is 0 Å². The number of aromatic nitrogens is 4. The molecule has 0 bridgehead atoms. The molecule has 4 nitrogen and oxygen atoms in total. The minimum atomic E-state index is -0.382. The minimum Gasteiger partial charge on any atom is -0.278 e. The maximum Gasteiger partial charge on any atom is 0.163 e. The molecule has 0 aliphatic carbocycles. The first-order valence-corrected chi connectivity index (χ1v) is 7.44. The highest BCUT2D eigenvalue weighted by atomic mass is 35.5. The summed E-state index contributed by atoms with van der Waals surface area (Å²) in [6, 6.07) is 4.27. The number of benzene rings is 1. The van der Waals surface area contributed by atoms with Crippen molar-refractivity contribution in [3.8, 4) is 5.69 Å². The lowest BCUT2D eigenvalue weighted by atomic mass is 10.3. The maximum atomic E-state index is 13.3. The summed E-state index contributed by atoms with van der Waals surface area (Å²) in [5.41, 5.74) is 3.08. The van der Waals surface area contributed by atoms with Crippen molar-refractivity contribution in [1.82, 2.24) is 19.3 Å². The van der Waals surface area contributed by atoms with Gasteiger partial charge in [0.25, 0.3) is 0 Å². The van der Waals surface area contributed by atoms with E-state index in [0.717, 1.165) is 16.9 Å². The molecule has 3 rings (SSSR count). The molecule has 0 aliphatic rings. The Bertz CT molecular complexity index is 822. The van der Waals surface area contributed by atoms with Crippen LogP contribution in [0.1, 0.15) is 18.4 Å². The molecule has 0 saturated carbocycles. The fourth-order valence-electron chi connectivity index (χ4n) is 2.44. The van der Waals surface area contributed by atoms with Gasteiger partial charge in [-0.3, -0.25) is 4.57 Å². The van der Waals surface area contributed by atoms with Crippen LogP contribution in [0.4, 0.5) is 4.39 Å². The van der Waals surface area contributed by atoms with Crippen molar-refractivity contribution >= 4 is 34.4 Å². The first-order valence-electron chi connectivity index (χ1n) is 6.53. The zero-order chi connectivity index (χ0) is 15.1. The van der Waals surface area contributed by atoms with Crippen molar-refractivity contribution in [3.63, 3.8) is 0 Å². The number of imidazole rings is 1. The molecule has 0 spiro atoms. The van der Waals surface area contributed by atoms with E-state index < -0.39 is 0 Å². The summed E-state index contributed by atoms with van der Waals surface area (Å²) in [4.78, 5) is 4.53. The van der Waals surface area contributed by atoms with Gasteiger partial charge in [0.05, 0.1) is 22.3 Å². The molecule has 0 saturated heterocycles. The van der Waals surface area contributed by atoms with E-state index in [1.807, 2.05) is 23.1 Å². The van der Waals surface area contributed by atoms with E-state index in [1.54, 1.807) is 6.07 Å². The number of fused-ring (bicyclic) bond motifs is 1. The van der Waals surface area contributed by atoms with Gasteiger partial charge in [0.2, 0.25) is 0 Å². The molecule has 7 heteroatoms. The van der Waals surface area contributed by atoms with Crippen LogP contribution in [0.25, 0.3) is 16.9 Å². The van der Waals surface area contributed by atoms with Crippen molar-refractivity contribution < 1.29 is 4.39 Å². The highest BCUT2D eigenvalue weighted by molar-refractivity contribution is 6.32. The van der Waals surface area contributed by atoms with Crippen LogP contribution in [0.3, 0.4) is 0 Å². The van der Waals surface area contributed by atoms with E-state index in [0.29, 0.717) is 23.1 Å². The zero-order valence-corrected chi connectivity index (χ0v) is 13.1. The molecule has 1 aromatic carbocycles. The summed E-state index contributed by atoms with van der Waals surface area (Å²) in [7, 11) is 0. The first-order chi connectivity index (χ1) is 10.1. The molecule has 0 atom stereocenters. The lowest BCUT2D eigenvalue weighted by Gasteiger charge is -2.11. The van der Waals surface area contributed by atoms with E-state index in [4.69, 9.17) is 23.2 Å². The topological polar surface area (TPSA) is 35.6 Å². The normalized spacial score (nSPS) is 11.5. The van der Waals surface area contributed by atoms with Crippen LogP contribution >= 0.6 is 23.2 Å². The van der Waals surface area contributed by atoms with E-state index in [9.17, 15) is 4.39 Å². The molecular formula is C14H13Cl2FN4. The largest absolute Gasteiger partial charge is 0.278 e. The van der Waals surface area contributed by atoms with Crippen LogP contribution in [0, 0.1) is 12.7 Å². The van der Waals surface area contributed by atoms with Gasteiger partial charge in [0, 0.05) is 6.54 Å². The summed E-state index contributed by atoms with van der Waals surface area (Å²) in [5, 5.41) is 4.76. The Hall–Kier alpha value is -1.59. The molecule has 0 fully saturated rings. The van der Waals surface area contributed by atoms with Crippen LogP contribution in [-0.2, 0) is 12.4 Å². The van der Waals surface area contributed by atoms with Gasteiger partial charge in [0.1, 0.15) is 17.2 Å². The minimum absolute atomic E-state index is 0.228. The fourth-order valence-corrected chi connectivity index (χ4v) is 2.87. The Morgan fingerprint density at radius 3 is 2.71 bits per heavy atom. The van der Waals surface area contributed by atoms with Crippen LogP contribution < -0.4 is 0 Å². The van der Waals surface area contributed by atoms with Gasteiger partial charge >= 0.3 is 0 Å². The van der Waals surface area contributed by atoms with Gasteiger partial charge in [-0.2, -0.15) is 5.10 Å². The zero-order valence-electron chi connectivity index (χ0n) is 11.6. The summed E-state index contributed by atoms with van der Waals surface area (Å²) >= 11 is 12.2. The Morgan fingerprint density at radius 2 is 2.10 bits per heavy atom. The second kappa shape index (κ2) is 5.31. The van der Waals surface area contributed by atoms with E-state index in [1.165, 1.54) is 12.1 Å². The highest BCUT2D eigenvalue weighted by Crippen LogP contribution is 2.29. The van der Waals surface area contributed by atoms with Gasteiger partial charge in [-0.1, -0.05) is 11.6 Å². The number of aryl methyl sites for hydroxylation is 2. The number of nitrogens with zero attached hydrogens (tertiary/aromatic N) is 4. The average Bonchev–Trinajstić information content (AvgIpc) is 2.97. The standard InChI is InChI=1S/C14H13Cl2FN4/c1-3-20-14-13(8(2)19-20)18-12(7-15)21(14)11-5-4-9(17)6-10(11)16/h4-6H,3,7H2,1-2H3. The molecule has 2 aromatic heterocycles. The number of alkyl halides is 1. The number of halogens is 3. The molecule has 2 heterocycles. The molecule has 110 valence electrons. The lowest BCUT2D eigenvalue weighted by Crippen LogP contribution is -2.06. The fraction of sp³-hybridized carbons (Fsp3) is 0.286. The van der Waals surface area contributed by atoms with Crippen LogP contribution in [-0.4, -0.2) is 19.3 Å². The van der Waals surface area contributed by atoms with Crippen molar-refractivity contribution in [2.24, 2.45) is 0 Å². The predicted molar refractivity (Wildman–Crippen MR) is 81.8 cm³/mol. The summed E-state index contributed by atoms with van der Waals surface area (Å²) < 4.78 is 17.0. The molecule has 0 unspecified atom stereocenters. The third-order valence-electron chi connectivity index (χ3n) is 3.35. The van der Waals surface area contributed by atoms with Gasteiger partial charge in [-0.05, 0) is 32.0 Å². The molecule has 21 heavy (non-hydrogen) atoms. The van der Waals surface area contributed by atoms with Crippen molar-refractivity contribution in [1.29, 1.82) is 0 Å². The van der Waals surface area contributed by atoms with E-state index in [2.05, 4.69) is 10.1 Å². The quantitative estimate of drug-likeness (QED) is 0.680. The van der Waals surface area contributed by atoms with E-state index in [-0.39, 0.29) is 11.7 Å². The van der Waals surface area contributed by atoms with Gasteiger partial charge in [-0.15, -0.1) is 11.6 Å². The molecule has 3 aromatic rings. The molecule has 0 aliphatic heterocycles. The second-order valence-corrected chi connectivity index (χ2v) is 5.34. The average molecular weight is 327 g/mol. The lowest BCUT2D eigenvalue weighted by molar-refractivity contribution is 0.627. The van der Waals surface area contributed by atoms with Crippen molar-refractivity contribution in [3.05, 3.63) is 40.6 Å². The Morgan fingerprint density at radius 1 is 1.33 bits per heavy atom. The van der Waals surface area contributed by atoms with Crippen molar-refractivity contribution in [2.45, 2.75) is 26.3 Å². The highest BCUT2D eigenvalue weighted by Gasteiger charge is 2.20. The molecule has 0 amide bonds. The molecular weight excluding hydrogens is 314 g/mol. The Kier molecular flexibility index (Phi) is 3.63. The Labute approximate surface area is 131 Å². The monoisotopic (exact) mass is 326 g/mol.